The van der Waals surface area contributed by atoms with Gasteiger partial charge in [0.2, 0.25) is 5.91 Å². The summed E-state index contributed by atoms with van der Waals surface area (Å²) >= 11 is 0. The first-order valence-electron chi connectivity index (χ1n) is 5.83. The number of amides is 1. The lowest BCUT2D eigenvalue weighted by Crippen LogP contribution is -2.29. The van der Waals surface area contributed by atoms with Crippen molar-refractivity contribution in [3.63, 3.8) is 0 Å². The number of carbonyl (C=O) groups excluding carboxylic acids is 1. The van der Waals surface area contributed by atoms with Gasteiger partial charge in [-0.1, -0.05) is 6.92 Å². The molecule has 0 bridgehead atoms. The van der Waals surface area contributed by atoms with Crippen molar-refractivity contribution in [2.75, 3.05) is 30.8 Å². The third kappa shape index (κ3) is 4.72. The molecular weight excluding hydrogens is 216 g/mol. The van der Waals surface area contributed by atoms with Gasteiger partial charge in [-0.2, -0.15) is 0 Å². The molecule has 5 heteroatoms. The Hall–Kier alpha value is -1.78. The number of pyridine rings is 1. The molecule has 94 valence electrons. The Labute approximate surface area is 102 Å². The lowest BCUT2D eigenvalue weighted by molar-refractivity contribution is -0.120. The number of nitrogen functional groups attached to an aromatic ring is 1. The molecule has 0 spiro atoms. The van der Waals surface area contributed by atoms with Gasteiger partial charge in [-0.25, -0.2) is 4.98 Å². The fourth-order valence-corrected chi connectivity index (χ4v) is 1.36. The second kappa shape index (κ2) is 6.73. The molecule has 0 unspecified atom stereocenters. The van der Waals surface area contributed by atoms with Crippen LogP contribution in [-0.4, -0.2) is 31.0 Å². The van der Waals surface area contributed by atoms with E-state index in [2.05, 4.69) is 10.3 Å². The van der Waals surface area contributed by atoms with Gasteiger partial charge in [-0.05, 0) is 18.6 Å². The Morgan fingerprint density at radius 1 is 1.53 bits per heavy atom. The molecule has 0 aliphatic heterocycles. The number of aromatic nitrogens is 1. The van der Waals surface area contributed by atoms with Crippen LogP contribution in [0.1, 0.15) is 19.8 Å². The largest absolute Gasteiger partial charge is 0.397 e. The number of anilines is 2. The third-order valence-electron chi connectivity index (χ3n) is 2.41. The van der Waals surface area contributed by atoms with Gasteiger partial charge in [0.15, 0.2) is 0 Å². The molecule has 0 aliphatic rings. The van der Waals surface area contributed by atoms with Gasteiger partial charge in [0.25, 0.3) is 0 Å². The molecule has 1 aromatic rings. The lowest BCUT2D eigenvalue weighted by atomic mass is 10.3. The number of rotatable bonds is 6. The van der Waals surface area contributed by atoms with E-state index >= 15 is 0 Å². The molecule has 1 rings (SSSR count). The van der Waals surface area contributed by atoms with Gasteiger partial charge in [0.1, 0.15) is 5.82 Å². The van der Waals surface area contributed by atoms with E-state index in [1.807, 2.05) is 24.9 Å². The van der Waals surface area contributed by atoms with E-state index in [0.717, 1.165) is 18.8 Å². The summed E-state index contributed by atoms with van der Waals surface area (Å²) in [5, 5.41) is 2.84. The van der Waals surface area contributed by atoms with E-state index in [1.165, 1.54) is 0 Å². The maximum absolute atomic E-state index is 11.4. The van der Waals surface area contributed by atoms with Crippen molar-refractivity contribution >= 4 is 17.4 Å². The van der Waals surface area contributed by atoms with Gasteiger partial charge in [0, 0.05) is 26.6 Å². The second-order valence-electron chi connectivity index (χ2n) is 3.97. The smallest absolute Gasteiger partial charge is 0.221 e. The molecule has 1 amide bonds. The standard InChI is InChI=1S/C12H20N4O/c1-3-7-14-12(17)6-8-16(2)11-5-4-10(13)9-15-11/h4-5,9H,3,6-8,13H2,1-2H3,(H,14,17). The minimum Gasteiger partial charge on any atom is -0.397 e. The minimum absolute atomic E-state index is 0.0779. The summed E-state index contributed by atoms with van der Waals surface area (Å²) in [5.41, 5.74) is 6.20. The number of hydrogen-bond donors (Lipinski definition) is 2. The van der Waals surface area contributed by atoms with Crippen molar-refractivity contribution in [3.05, 3.63) is 18.3 Å². The molecule has 1 aromatic heterocycles. The first-order chi connectivity index (χ1) is 8.13. The quantitative estimate of drug-likeness (QED) is 0.773. The number of nitrogens with two attached hydrogens (primary N) is 1. The molecule has 0 saturated carbocycles. The lowest BCUT2D eigenvalue weighted by Gasteiger charge is -2.17. The molecule has 0 radical (unpaired) electrons. The van der Waals surface area contributed by atoms with Crippen molar-refractivity contribution in [2.24, 2.45) is 0 Å². The highest BCUT2D eigenvalue weighted by Crippen LogP contribution is 2.10. The van der Waals surface area contributed by atoms with E-state index in [9.17, 15) is 4.79 Å². The summed E-state index contributed by atoms with van der Waals surface area (Å²) < 4.78 is 0. The van der Waals surface area contributed by atoms with Crippen LogP contribution in [0.4, 0.5) is 11.5 Å². The zero-order valence-electron chi connectivity index (χ0n) is 10.4. The van der Waals surface area contributed by atoms with Crippen LogP contribution in [0.25, 0.3) is 0 Å². The number of carbonyl (C=O) groups is 1. The Bertz CT molecular complexity index is 350. The van der Waals surface area contributed by atoms with Crippen molar-refractivity contribution in [2.45, 2.75) is 19.8 Å². The van der Waals surface area contributed by atoms with Gasteiger partial charge in [-0.3, -0.25) is 4.79 Å². The van der Waals surface area contributed by atoms with Crippen LogP contribution in [0.3, 0.4) is 0 Å². The normalized spacial score (nSPS) is 10.0. The van der Waals surface area contributed by atoms with E-state index < -0.39 is 0 Å². The molecule has 5 nitrogen and oxygen atoms in total. The van der Waals surface area contributed by atoms with Crippen LogP contribution in [0.5, 0.6) is 0 Å². The summed E-state index contributed by atoms with van der Waals surface area (Å²) in [5.74, 6) is 0.900. The molecule has 0 aromatic carbocycles. The first kappa shape index (κ1) is 13.3. The van der Waals surface area contributed by atoms with Crippen molar-refractivity contribution < 1.29 is 4.79 Å². The molecule has 1 heterocycles. The van der Waals surface area contributed by atoms with Crippen molar-refractivity contribution in [1.29, 1.82) is 0 Å². The number of nitrogens with one attached hydrogen (secondary N) is 1. The molecule has 0 saturated heterocycles. The third-order valence-corrected chi connectivity index (χ3v) is 2.41. The highest BCUT2D eigenvalue weighted by molar-refractivity contribution is 5.76. The zero-order chi connectivity index (χ0) is 12.7. The van der Waals surface area contributed by atoms with E-state index in [-0.39, 0.29) is 5.91 Å². The van der Waals surface area contributed by atoms with Gasteiger partial charge >= 0.3 is 0 Å². The second-order valence-corrected chi connectivity index (χ2v) is 3.97. The topological polar surface area (TPSA) is 71.2 Å². The zero-order valence-corrected chi connectivity index (χ0v) is 10.4. The highest BCUT2D eigenvalue weighted by atomic mass is 16.1. The van der Waals surface area contributed by atoms with Crippen LogP contribution in [-0.2, 0) is 4.79 Å². The monoisotopic (exact) mass is 236 g/mol. The maximum atomic E-state index is 11.4. The predicted octanol–water partition coefficient (Wildman–Crippen LogP) is 1.02. The van der Waals surface area contributed by atoms with Gasteiger partial charge in [-0.15, -0.1) is 0 Å². The summed E-state index contributed by atoms with van der Waals surface area (Å²) in [4.78, 5) is 17.5. The van der Waals surface area contributed by atoms with Crippen LogP contribution >= 0.6 is 0 Å². The average Bonchev–Trinajstić information content (AvgIpc) is 2.34. The fraction of sp³-hybridized carbons (Fsp3) is 0.500. The molecular formula is C12H20N4O. The molecule has 3 N–H and O–H groups in total. The van der Waals surface area contributed by atoms with Crippen LogP contribution in [0.15, 0.2) is 18.3 Å². The SMILES string of the molecule is CCCNC(=O)CCN(C)c1ccc(N)cn1. The Kier molecular flexibility index (Phi) is 5.26. The van der Waals surface area contributed by atoms with E-state index in [0.29, 0.717) is 18.7 Å². The molecule has 0 atom stereocenters. The predicted molar refractivity (Wildman–Crippen MR) is 69.8 cm³/mol. The summed E-state index contributed by atoms with van der Waals surface area (Å²) in [6.45, 7) is 3.42. The first-order valence-corrected chi connectivity index (χ1v) is 5.83. The van der Waals surface area contributed by atoms with Crippen LogP contribution in [0, 0.1) is 0 Å². The van der Waals surface area contributed by atoms with E-state index in [4.69, 9.17) is 5.73 Å². The fourth-order valence-electron chi connectivity index (χ4n) is 1.36. The highest BCUT2D eigenvalue weighted by Gasteiger charge is 2.05. The average molecular weight is 236 g/mol. The van der Waals surface area contributed by atoms with Crippen LogP contribution < -0.4 is 16.0 Å². The summed E-state index contributed by atoms with van der Waals surface area (Å²) in [7, 11) is 1.91. The Morgan fingerprint density at radius 3 is 2.88 bits per heavy atom. The summed E-state index contributed by atoms with van der Waals surface area (Å²) in [6, 6.07) is 3.65. The molecule has 0 aliphatic carbocycles. The number of nitrogens with zero attached hydrogens (tertiary/aromatic N) is 2. The van der Waals surface area contributed by atoms with Gasteiger partial charge < -0.3 is 16.0 Å². The van der Waals surface area contributed by atoms with E-state index in [1.54, 1.807) is 12.3 Å². The van der Waals surface area contributed by atoms with Gasteiger partial charge in [0.05, 0.1) is 11.9 Å². The van der Waals surface area contributed by atoms with Crippen molar-refractivity contribution in [3.8, 4) is 0 Å². The Morgan fingerprint density at radius 2 is 2.29 bits per heavy atom. The molecule has 17 heavy (non-hydrogen) atoms. The number of hydrogen-bond acceptors (Lipinski definition) is 4. The molecule has 0 fully saturated rings. The maximum Gasteiger partial charge on any atom is 0.221 e. The Balaban J connectivity index is 2.36. The van der Waals surface area contributed by atoms with Crippen molar-refractivity contribution in [1.82, 2.24) is 10.3 Å². The summed E-state index contributed by atoms with van der Waals surface area (Å²) in [6.07, 6.45) is 3.05. The van der Waals surface area contributed by atoms with Crippen LogP contribution in [0.2, 0.25) is 0 Å². The minimum atomic E-state index is 0.0779.